The van der Waals surface area contributed by atoms with E-state index in [0.29, 0.717) is 24.9 Å². The summed E-state index contributed by atoms with van der Waals surface area (Å²) in [5.41, 5.74) is 0.519. The zero-order chi connectivity index (χ0) is 17.8. The number of hydrogen-bond donors (Lipinski definition) is 1. The van der Waals surface area contributed by atoms with Crippen molar-refractivity contribution in [3.8, 4) is 0 Å². The molecule has 1 heterocycles. The zero-order valence-electron chi connectivity index (χ0n) is 13.5. The van der Waals surface area contributed by atoms with Crippen molar-refractivity contribution >= 4 is 17.5 Å². The average Bonchev–Trinajstić information content (AvgIpc) is 2.64. The van der Waals surface area contributed by atoms with Crippen LogP contribution in [0.2, 0.25) is 0 Å². The third kappa shape index (κ3) is 4.02. The second-order valence-electron chi connectivity index (χ2n) is 6.07. The van der Waals surface area contributed by atoms with Crippen LogP contribution in [0.5, 0.6) is 0 Å². The Morgan fingerprint density at radius 3 is 2.48 bits per heavy atom. The van der Waals surface area contributed by atoms with E-state index in [1.165, 1.54) is 36.4 Å². The maximum atomic E-state index is 13.7. The summed E-state index contributed by atoms with van der Waals surface area (Å²) < 4.78 is 26.7. The van der Waals surface area contributed by atoms with Crippen LogP contribution in [0.15, 0.2) is 48.5 Å². The number of para-hydroxylation sites is 1. The lowest BCUT2D eigenvalue weighted by Crippen LogP contribution is -2.43. The van der Waals surface area contributed by atoms with Crippen LogP contribution in [0, 0.1) is 17.6 Å². The largest absolute Gasteiger partial charge is 0.338 e. The summed E-state index contributed by atoms with van der Waals surface area (Å²) in [7, 11) is 0. The third-order valence-electron chi connectivity index (χ3n) is 4.30. The lowest BCUT2D eigenvalue weighted by atomic mass is 9.96. The summed E-state index contributed by atoms with van der Waals surface area (Å²) >= 11 is 0. The molecule has 0 aromatic heterocycles. The van der Waals surface area contributed by atoms with Crippen LogP contribution in [-0.2, 0) is 4.79 Å². The van der Waals surface area contributed by atoms with Gasteiger partial charge in [-0.05, 0) is 49.2 Å². The number of likely N-dealkylation sites (tertiary alicyclic amines) is 1. The quantitative estimate of drug-likeness (QED) is 0.927. The zero-order valence-corrected chi connectivity index (χ0v) is 13.5. The minimum atomic E-state index is -0.495. The van der Waals surface area contributed by atoms with Crippen LogP contribution in [0.4, 0.5) is 14.5 Å². The van der Waals surface area contributed by atoms with E-state index >= 15 is 0 Å². The first-order valence-corrected chi connectivity index (χ1v) is 8.15. The molecule has 1 aliphatic rings. The Kier molecular flexibility index (Phi) is 5.07. The highest BCUT2D eigenvalue weighted by molar-refractivity contribution is 5.96. The van der Waals surface area contributed by atoms with Crippen molar-refractivity contribution in [2.45, 2.75) is 12.8 Å². The van der Waals surface area contributed by atoms with Gasteiger partial charge in [-0.15, -0.1) is 0 Å². The van der Waals surface area contributed by atoms with Gasteiger partial charge < -0.3 is 10.2 Å². The number of anilines is 1. The minimum absolute atomic E-state index is 0.134. The normalized spacial score (nSPS) is 17.2. The molecule has 0 saturated carbocycles. The molecule has 1 fully saturated rings. The molecule has 6 heteroatoms. The minimum Gasteiger partial charge on any atom is -0.338 e. The molecule has 2 aromatic rings. The molecule has 0 bridgehead atoms. The number of nitrogens with zero attached hydrogens (tertiary/aromatic N) is 1. The third-order valence-corrected chi connectivity index (χ3v) is 4.30. The standard InChI is InChI=1S/C19H18F2N2O2/c20-15-9-7-13(8-10-15)19(25)23-11-3-4-14(12-23)18(24)22-17-6-2-1-5-16(17)21/h1-2,5-10,14H,3-4,11-12H2,(H,22,24)/t14-/m0/s1. The van der Waals surface area contributed by atoms with Crippen molar-refractivity contribution in [2.75, 3.05) is 18.4 Å². The van der Waals surface area contributed by atoms with E-state index in [-0.39, 0.29) is 24.0 Å². The Bertz CT molecular complexity index is 777. The van der Waals surface area contributed by atoms with Crippen molar-refractivity contribution < 1.29 is 18.4 Å². The number of nitrogens with one attached hydrogen (secondary N) is 1. The van der Waals surface area contributed by atoms with Gasteiger partial charge in [0.05, 0.1) is 11.6 Å². The number of amides is 2. The molecule has 25 heavy (non-hydrogen) atoms. The van der Waals surface area contributed by atoms with Crippen LogP contribution in [-0.4, -0.2) is 29.8 Å². The Hall–Kier alpha value is -2.76. The van der Waals surface area contributed by atoms with Gasteiger partial charge in [0.2, 0.25) is 5.91 Å². The van der Waals surface area contributed by atoms with Crippen LogP contribution in [0.1, 0.15) is 23.2 Å². The van der Waals surface area contributed by atoms with Crippen molar-refractivity contribution in [1.82, 2.24) is 4.90 Å². The highest BCUT2D eigenvalue weighted by Crippen LogP contribution is 2.21. The first kappa shape index (κ1) is 17.1. The van der Waals surface area contributed by atoms with Crippen molar-refractivity contribution in [3.05, 3.63) is 65.7 Å². The molecular weight excluding hydrogens is 326 g/mol. The lowest BCUT2D eigenvalue weighted by Gasteiger charge is -2.32. The fourth-order valence-electron chi connectivity index (χ4n) is 2.95. The molecule has 4 nitrogen and oxygen atoms in total. The van der Waals surface area contributed by atoms with Crippen molar-refractivity contribution in [1.29, 1.82) is 0 Å². The van der Waals surface area contributed by atoms with Gasteiger partial charge >= 0.3 is 0 Å². The topological polar surface area (TPSA) is 49.4 Å². The predicted molar refractivity (Wildman–Crippen MR) is 90.1 cm³/mol. The smallest absolute Gasteiger partial charge is 0.253 e. The van der Waals surface area contributed by atoms with Gasteiger partial charge in [0.1, 0.15) is 11.6 Å². The van der Waals surface area contributed by atoms with Crippen LogP contribution >= 0.6 is 0 Å². The molecule has 130 valence electrons. The van der Waals surface area contributed by atoms with Gasteiger partial charge in [0.25, 0.3) is 5.91 Å². The van der Waals surface area contributed by atoms with E-state index in [1.807, 2.05) is 0 Å². The number of carbonyl (C=O) groups is 2. The van der Waals surface area contributed by atoms with Gasteiger partial charge in [0, 0.05) is 18.7 Å². The molecule has 0 spiro atoms. The maximum absolute atomic E-state index is 13.7. The van der Waals surface area contributed by atoms with E-state index in [4.69, 9.17) is 0 Å². The van der Waals surface area contributed by atoms with E-state index in [9.17, 15) is 18.4 Å². The van der Waals surface area contributed by atoms with Crippen molar-refractivity contribution in [2.24, 2.45) is 5.92 Å². The predicted octanol–water partition coefficient (Wildman–Crippen LogP) is 3.46. The monoisotopic (exact) mass is 344 g/mol. The average molecular weight is 344 g/mol. The molecule has 1 saturated heterocycles. The summed E-state index contributed by atoms with van der Waals surface area (Å²) in [4.78, 5) is 26.5. The second kappa shape index (κ2) is 7.42. The molecule has 0 unspecified atom stereocenters. The SMILES string of the molecule is O=C(Nc1ccccc1F)[C@H]1CCCN(C(=O)c2ccc(F)cc2)C1. The molecular formula is C19H18F2N2O2. The fraction of sp³-hybridized carbons (Fsp3) is 0.263. The van der Waals surface area contributed by atoms with Gasteiger partial charge in [-0.25, -0.2) is 8.78 Å². The Morgan fingerprint density at radius 2 is 1.76 bits per heavy atom. The van der Waals surface area contributed by atoms with Crippen LogP contribution in [0.3, 0.4) is 0 Å². The highest BCUT2D eigenvalue weighted by Gasteiger charge is 2.29. The molecule has 0 aliphatic carbocycles. The van der Waals surface area contributed by atoms with Gasteiger partial charge in [-0.1, -0.05) is 12.1 Å². The maximum Gasteiger partial charge on any atom is 0.253 e. The summed E-state index contributed by atoms with van der Waals surface area (Å²) in [5, 5.41) is 2.59. The molecule has 3 rings (SSSR count). The number of carbonyl (C=O) groups excluding carboxylic acids is 2. The summed E-state index contributed by atoms with van der Waals surface area (Å²) in [6.07, 6.45) is 1.32. The van der Waals surface area contributed by atoms with Crippen LogP contribution < -0.4 is 5.32 Å². The molecule has 1 atom stereocenters. The molecule has 1 aliphatic heterocycles. The van der Waals surface area contributed by atoms with Gasteiger partial charge in [-0.3, -0.25) is 9.59 Å². The van der Waals surface area contributed by atoms with E-state index in [2.05, 4.69) is 5.32 Å². The summed E-state index contributed by atoms with van der Waals surface area (Å²) in [6.45, 7) is 0.802. The second-order valence-corrected chi connectivity index (χ2v) is 6.07. The molecule has 2 aromatic carbocycles. The van der Waals surface area contributed by atoms with E-state index < -0.39 is 17.6 Å². The number of benzene rings is 2. The number of hydrogen-bond acceptors (Lipinski definition) is 2. The fourth-order valence-corrected chi connectivity index (χ4v) is 2.95. The van der Waals surface area contributed by atoms with Gasteiger partial charge in [-0.2, -0.15) is 0 Å². The van der Waals surface area contributed by atoms with E-state index in [1.54, 1.807) is 17.0 Å². The Balaban J connectivity index is 1.66. The highest BCUT2D eigenvalue weighted by atomic mass is 19.1. The summed E-state index contributed by atoms with van der Waals surface area (Å²) in [5.74, 6) is -1.84. The Morgan fingerprint density at radius 1 is 1.04 bits per heavy atom. The Labute approximate surface area is 144 Å². The van der Waals surface area contributed by atoms with Crippen molar-refractivity contribution in [3.63, 3.8) is 0 Å². The summed E-state index contributed by atoms with van der Waals surface area (Å²) in [6, 6.07) is 11.3. The molecule has 1 N–H and O–H groups in total. The first-order valence-electron chi connectivity index (χ1n) is 8.15. The molecule has 2 amide bonds. The lowest BCUT2D eigenvalue weighted by molar-refractivity contribution is -0.121. The number of rotatable bonds is 3. The number of halogens is 2. The number of piperidine rings is 1. The van der Waals surface area contributed by atoms with E-state index in [0.717, 1.165) is 0 Å². The first-order chi connectivity index (χ1) is 12.0. The van der Waals surface area contributed by atoms with Gasteiger partial charge in [0.15, 0.2) is 0 Å². The molecule has 0 radical (unpaired) electrons. The van der Waals surface area contributed by atoms with Crippen LogP contribution in [0.25, 0.3) is 0 Å².